The van der Waals surface area contributed by atoms with E-state index < -0.39 is 11.4 Å². The summed E-state index contributed by atoms with van der Waals surface area (Å²) in [6.07, 6.45) is 6.87. The first-order valence-corrected chi connectivity index (χ1v) is 8.33. The summed E-state index contributed by atoms with van der Waals surface area (Å²) in [5, 5.41) is 9.72. The van der Waals surface area contributed by atoms with Crippen LogP contribution in [0.25, 0.3) is 0 Å². The summed E-state index contributed by atoms with van der Waals surface area (Å²) in [5.74, 6) is 0.113. The lowest BCUT2D eigenvalue weighted by atomic mass is 9.67. The van der Waals surface area contributed by atoms with Gasteiger partial charge in [0.25, 0.3) is 0 Å². The molecule has 0 bridgehead atoms. The Kier molecular flexibility index (Phi) is 5.25. The first-order chi connectivity index (χ1) is 9.55. The Hall–Kier alpha value is -0.830. The first kappa shape index (κ1) is 15.6. The summed E-state index contributed by atoms with van der Waals surface area (Å²) >= 11 is 3.46. The fourth-order valence-electron chi connectivity index (χ4n) is 3.43. The number of carbonyl (C=O) groups is 1. The van der Waals surface area contributed by atoms with E-state index in [9.17, 15) is 9.90 Å². The molecule has 1 aliphatic rings. The molecule has 0 radical (unpaired) electrons. The van der Waals surface area contributed by atoms with Crippen molar-refractivity contribution in [3.63, 3.8) is 0 Å². The molecule has 0 saturated heterocycles. The summed E-state index contributed by atoms with van der Waals surface area (Å²) in [5.41, 5.74) is 0.570. The van der Waals surface area contributed by atoms with E-state index in [0.717, 1.165) is 41.6 Å². The normalized spacial score (nSPS) is 26.4. The molecule has 1 aromatic rings. The topological polar surface area (TPSA) is 37.3 Å². The molecule has 0 amide bonds. The molecule has 2 nitrogen and oxygen atoms in total. The molecule has 0 unspecified atom stereocenters. The Morgan fingerprint density at radius 1 is 1.40 bits per heavy atom. The molecule has 20 heavy (non-hydrogen) atoms. The van der Waals surface area contributed by atoms with Crippen molar-refractivity contribution in [1.82, 2.24) is 0 Å². The number of hydrogen-bond donors (Lipinski definition) is 1. The van der Waals surface area contributed by atoms with E-state index in [1.165, 1.54) is 12.8 Å². The molecule has 2 rings (SSSR count). The minimum atomic E-state index is -0.618. The highest BCUT2D eigenvalue weighted by Crippen LogP contribution is 2.43. The molecule has 1 aliphatic carbocycles. The van der Waals surface area contributed by atoms with Crippen LogP contribution in [-0.4, -0.2) is 11.1 Å². The van der Waals surface area contributed by atoms with Gasteiger partial charge in [-0.15, -0.1) is 0 Å². The van der Waals surface area contributed by atoms with E-state index in [4.69, 9.17) is 0 Å². The van der Waals surface area contributed by atoms with Gasteiger partial charge in [-0.1, -0.05) is 47.8 Å². The van der Waals surface area contributed by atoms with Crippen molar-refractivity contribution < 1.29 is 9.90 Å². The van der Waals surface area contributed by atoms with Gasteiger partial charge in [-0.2, -0.15) is 0 Å². The third kappa shape index (κ3) is 3.63. The number of halogens is 1. The quantitative estimate of drug-likeness (QED) is 0.815. The van der Waals surface area contributed by atoms with Crippen LogP contribution in [0, 0.1) is 11.3 Å². The van der Waals surface area contributed by atoms with Crippen LogP contribution in [0.5, 0.6) is 0 Å². The maximum Gasteiger partial charge on any atom is 0.309 e. The van der Waals surface area contributed by atoms with Crippen LogP contribution in [0.4, 0.5) is 0 Å². The third-order valence-corrected chi connectivity index (χ3v) is 5.14. The summed E-state index contributed by atoms with van der Waals surface area (Å²) in [4.78, 5) is 11.8. The van der Waals surface area contributed by atoms with E-state index in [0.29, 0.717) is 6.42 Å². The summed E-state index contributed by atoms with van der Waals surface area (Å²) in [7, 11) is 0. The smallest absolute Gasteiger partial charge is 0.309 e. The number of rotatable bonds is 5. The third-order valence-electron chi connectivity index (χ3n) is 4.64. The Morgan fingerprint density at radius 3 is 2.65 bits per heavy atom. The van der Waals surface area contributed by atoms with Crippen LogP contribution < -0.4 is 0 Å². The van der Waals surface area contributed by atoms with Crippen molar-refractivity contribution in [2.24, 2.45) is 11.3 Å². The Bertz CT molecular complexity index is 462. The van der Waals surface area contributed by atoms with Crippen molar-refractivity contribution in [3.05, 3.63) is 34.3 Å². The lowest BCUT2D eigenvalue weighted by Crippen LogP contribution is -2.37. The summed E-state index contributed by atoms with van der Waals surface area (Å²) in [6.45, 7) is 2.21. The maximum atomic E-state index is 11.8. The zero-order valence-electron chi connectivity index (χ0n) is 12.1. The van der Waals surface area contributed by atoms with Gasteiger partial charge in [0.1, 0.15) is 0 Å². The van der Waals surface area contributed by atoms with Gasteiger partial charge < -0.3 is 5.11 Å². The van der Waals surface area contributed by atoms with Crippen LogP contribution in [0.1, 0.15) is 51.0 Å². The second kappa shape index (κ2) is 6.75. The van der Waals surface area contributed by atoms with E-state index in [2.05, 4.69) is 22.9 Å². The van der Waals surface area contributed by atoms with Crippen LogP contribution >= 0.6 is 15.9 Å². The number of carboxylic acid groups (broad SMARTS) is 1. The Labute approximate surface area is 129 Å². The van der Waals surface area contributed by atoms with E-state index in [1.807, 2.05) is 24.3 Å². The van der Waals surface area contributed by atoms with Gasteiger partial charge in [-0.3, -0.25) is 4.79 Å². The lowest BCUT2D eigenvalue weighted by molar-refractivity contribution is -0.151. The average molecular weight is 339 g/mol. The highest BCUT2D eigenvalue weighted by Gasteiger charge is 2.41. The predicted molar refractivity (Wildman–Crippen MR) is 84.8 cm³/mol. The molecule has 1 fully saturated rings. The van der Waals surface area contributed by atoms with Crippen LogP contribution in [0.15, 0.2) is 28.7 Å². The number of hydrogen-bond acceptors (Lipinski definition) is 1. The Balaban J connectivity index is 2.10. The van der Waals surface area contributed by atoms with Gasteiger partial charge in [-0.25, -0.2) is 0 Å². The minimum Gasteiger partial charge on any atom is -0.481 e. The average Bonchev–Trinajstić information content (AvgIpc) is 2.41. The molecule has 1 N–H and O–H groups in total. The van der Waals surface area contributed by atoms with Crippen LogP contribution in [0.2, 0.25) is 0 Å². The number of benzene rings is 1. The van der Waals surface area contributed by atoms with E-state index >= 15 is 0 Å². The second-order valence-corrected chi connectivity index (χ2v) is 7.04. The van der Waals surface area contributed by atoms with Crippen molar-refractivity contribution in [2.75, 3.05) is 0 Å². The van der Waals surface area contributed by atoms with Crippen molar-refractivity contribution in [3.8, 4) is 0 Å². The molecular weight excluding hydrogens is 316 g/mol. The maximum absolute atomic E-state index is 11.8. The van der Waals surface area contributed by atoms with Gasteiger partial charge in [0.05, 0.1) is 5.41 Å². The van der Waals surface area contributed by atoms with Gasteiger partial charge in [0, 0.05) is 4.47 Å². The molecule has 0 heterocycles. The fraction of sp³-hybridized carbons (Fsp3) is 0.588. The number of carboxylic acids is 1. The molecular formula is C17H23BrO2. The van der Waals surface area contributed by atoms with Gasteiger partial charge in [-0.05, 0) is 55.7 Å². The monoisotopic (exact) mass is 338 g/mol. The second-order valence-electron chi connectivity index (χ2n) is 6.12. The molecule has 1 aromatic carbocycles. The molecule has 110 valence electrons. The number of aliphatic carboxylic acids is 1. The standard InChI is InChI=1S/C17H23BrO2/c1-2-4-13-7-9-17(10-8-13,16(19)20)12-14-5-3-6-15(18)11-14/h3,5-6,11,13H,2,4,7-10,12H2,1H3,(H,19,20). The highest BCUT2D eigenvalue weighted by atomic mass is 79.9. The van der Waals surface area contributed by atoms with Gasteiger partial charge in [0.15, 0.2) is 0 Å². The van der Waals surface area contributed by atoms with Crippen LogP contribution in [0.3, 0.4) is 0 Å². The minimum absolute atomic E-state index is 0.551. The SMILES string of the molecule is CCCC1CCC(Cc2cccc(Br)c2)(C(=O)O)CC1. The van der Waals surface area contributed by atoms with Crippen molar-refractivity contribution in [1.29, 1.82) is 0 Å². The molecule has 0 atom stereocenters. The van der Waals surface area contributed by atoms with Crippen LogP contribution in [-0.2, 0) is 11.2 Å². The predicted octanol–water partition coefficient (Wildman–Crippen LogP) is 5.05. The molecule has 0 spiro atoms. The van der Waals surface area contributed by atoms with Gasteiger partial charge in [0.2, 0.25) is 0 Å². The fourth-order valence-corrected chi connectivity index (χ4v) is 3.88. The molecule has 3 heteroatoms. The lowest BCUT2D eigenvalue weighted by Gasteiger charge is -2.37. The zero-order valence-corrected chi connectivity index (χ0v) is 13.7. The zero-order chi connectivity index (χ0) is 14.6. The summed E-state index contributed by atoms with van der Waals surface area (Å²) in [6, 6.07) is 8.04. The van der Waals surface area contributed by atoms with E-state index in [-0.39, 0.29) is 0 Å². The van der Waals surface area contributed by atoms with Crippen molar-refractivity contribution >= 4 is 21.9 Å². The largest absolute Gasteiger partial charge is 0.481 e. The summed E-state index contributed by atoms with van der Waals surface area (Å²) < 4.78 is 1.02. The molecule has 1 saturated carbocycles. The van der Waals surface area contributed by atoms with Crippen molar-refractivity contribution in [2.45, 2.75) is 51.9 Å². The molecule has 0 aromatic heterocycles. The Morgan fingerprint density at radius 2 is 2.10 bits per heavy atom. The van der Waals surface area contributed by atoms with E-state index in [1.54, 1.807) is 0 Å². The van der Waals surface area contributed by atoms with Gasteiger partial charge >= 0.3 is 5.97 Å². The highest BCUT2D eigenvalue weighted by molar-refractivity contribution is 9.10. The first-order valence-electron chi connectivity index (χ1n) is 7.53. The molecule has 0 aliphatic heterocycles.